The highest BCUT2D eigenvalue weighted by Gasteiger charge is 2.39. The molecule has 8 heteroatoms. The van der Waals surface area contributed by atoms with Crippen LogP contribution in [0.2, 0.25) is 5.02 Å². The first-order valence-corrected chi connectivity index (χ1v) is 9.55. The molecule has 30 heavy (non-hydrogen) atoms. The molecule has 3 rings (SSSR count). The molecule has 1 heterocycles. The molecule has 0 spiro atoms. The summed E-state index contributed by atoms with van der Waals surface area (Å²) in [6.45, 7) is 3.57. The summed E-state index contributed by atoms with van der Waals surface area (Å²) in [6.07, 6.45) is 1.67. The van der Waals surface area contributed by atoms with Crippen molar-refractivity contribution in [3.8, 4) is 0 Å². The van der Waals surface area contributed by atoms with Crippen molar-refractivity contribution in [3.63, 3.8) is 0 Å². The molecular weight excluding hydrogens is 408 g/mol. The second-order valence-electron chi connectivity index (χ2n) is 6.57. The van der Waals surface area contributed by atoms with Crippen LogP contribution < -0.4 is 10.2 Å². The number of anilines is 1. The number of ketones is 1. The topological polar surface area (TPSA) is 92.8 Å². The van der Waals surface area contributed by atoms with Gasteiger partial charge in [-0.1, -0.05) is 17.7 Å². The summed E-state index contributed by atoms with van der Waals surface area (Å²) in [7, 11) is 0. The van der Waals surface area contributed by atoms with Crippen molar-refractivity contribution in [1.29, 1.82) is 0 Å². The minimum Gasteiger partial charge on any atom is -0.454 e. The SMILES string of the molecule is C=CCNC1CC(=O)N(c2ccc(C(=O)OCC(=O)c3ccc(Cl)cc3)cc2)C1=O. The number of nitrogens with one attached hydrogen (secondary N) is 1. The second kappa shape index (κ2) is 9.47. The normalized spacial score (nSPS) is 15.9. The maximum Gasteiger partial charge on any atom is 0.338 e. The Morgan fingerprint density at radius 3 is 2.37 bits per heavy atom. The Balaban J connectivity index is 1.61. The van der Waals surface area contributed by atoms with Crippen molar-refractivity contribution >= 4 is 40.9 Å². The molecule has 154 valence electrons. The van der Waals surface area contributed by atoms with Gasteiger partial charge in [-0.05, 0) is 48.5 Å². The number of imide groups is 1. The number of carbonyl (C=O) groups excluding carboxylic acids is 4. The highest BCUT2D eigenvalue weighted by Crippen LogP contribution is 2.23. The molecule has 0 radical (unpaired) electrons. The number of halogens is 1. The van der Waals surface area contributed by atoms with Gasteiger partial charge in [0.25, 0.3) is 5.91 Å². The third kappa shape index (κ3) is 4.82. The lowest BCUT2D eigenvalue weighted by molar-refractivity contribution is -0.121. The van der Waals surface area contributed by atoms with E-state index in [0.29, 0.717) is 22.8 Å². The van der Waals surface area contributed by atoms with Gasteiger partial charge < -0.3 is 10.1 Å². The van der Waals surface area contributed by atoms with Gasteiger partial charge in [0.2, 0.25) is 5.91 Å². The molecule has 1 saturated heterocycles. The van der Waals surface area contributed by atoms with Crippen LogP contribution in [0, 0.1) is 0 Å². The molecule has 1 atom stereocenters. The number of esters is 1. The Bertz CT molecular complexity index is 986. The molecule has 2 aromatic carbocycles. The average Bonchev–Trinajstić information content (AvgIpc) is 3.03. The number of amides is 2. The Labute approximate surface area is 178 Å². The zero-order chi connectivity index (χ0) is 21.7. The third-order valence-electron chi connectivity index (χ3n) is 4.52. The van der Waals surface area contributed by atoms with E-state index in [4.69, 9.17) is 16.3 Å². The van der Waals surface area contributed by atoms with Crippen LogP contribution in [-0.4, -0.2) is 42.8 Å². The molecule has 2 amide bonds. The van der Waals surface area contributed by atoms with E-state index in [1.807, 2.05) is 0 Å². The van der Waals surface area contributed by atoms with E-state index in [-0.39, 0.29) is 29.6 Å². The summed E-state index contributed by atoms with van der Waals surface area (Å²) >= 11 is 5.78. The molecule has 1 aliphatic heterocycles. The maximum atomic E-state index is 12.4. The smallest absolute Gasteiger partial charge is 0.338 e. The number of rotatable bonds is 8. The zero-order valence-corrected chi connectivity index (χ0v) is 16.7. The summed E-state index contributed by atoms with van der Waals surface area (Å²) in [5, 5.41) is 3.44. The molecule has 2 aromatic rings. The number of hydrogen-bond acceptors (Lipinski definition) is 6. The Hall–Kier alpha value is -3.29. The lowest BCUT2D eigenvalue weighted by Crippen LogP contribution is -2.38. The second-order valence-corrected chi connectivity index (χ2v) is 7.01. The summed E-state index contributed by atoms with van der Waals surface area (Å²) in [5.74, 6) is -1.73. The predicted octanol–water partition coefficient (Wildman–Crippen LogP) is 2.79. The Morgan fingerprint density at radius 2 is 1.73 bits per heavy atom. The quantitative estimate of drug-likeness (QED) is 0.302. The minimum absolute atomic E-state index is 0.0588. The summed E-state index contributed by atoms with van der Waals surface area (Å²) < 4.78 is 5.06. The van der Waals surface area contributed by atoms with Gasteiger partial charge >= 0.3 is 5.97 Å². The van der Waals surface area contributed by atoms with Crippen LogP contribution in [0.5, 0.6) is 0 Å². The van der Waals surface area contributed by atoms with Crippen molar-refractivity contribution in [2.24, 2.45) is 0 Å². The van der Waals surface area contributed by atoms with Crippen LogP contribution in [0.1, 0.15) is 27.1 Å². The van der Waals surface area contributed by atoms with E-state index in [0.717, 1.165) is 4.90 Å². The van der Waals surface area contributed by atoms with Crippen LogP contribution in [0.3, 0.4) is 0 Å². The standard InChI is InChI=1S/C22H19ClN2O5/c1-2-11-24-18-12-20(27)25(21(18)28)17-9-5-15(6-10-17)22(29)30-13-19(26)14-3-7-16(23)8-4-14/h2-10,18,24H,1,11-13H2. The number of ether oxygens (including phenoxy) is 1. The number of hydrogen-bond donors (Lipinski definition) is 1. The van der Waals surface area contributed by atoms with Crippen molar-refractivity contribution in [2.45, 2.75) is 12.5 Å². The number of benzene rings is 2. The fourth-order valence-electron chi connectivity index (χ4n) is 2.97. The summed E-state index contributed by atoms with van der Waals surface area (Å²) in [6, 6.07) is 11.5. The Morgan fingerprint density at radius 1 is 1.10 bits per heavy atom. The molecule has 0 bridgehead atoms. The van der Waals surface area contributed by atoms with E-state index in [9.17, 15) is 19.2 Å². The van der Waals surface area contributed by atoms with Gasteiger partial charge in [-0.25, -0.2) is 9.69 Å². The number of carbonyl (C=O) groups is 4. The summed E-state index contributed by atoms with van der Waals surface area (Å²) in [5.41, 5.74) is 0.943. The first-order valence-electron chi connectivity index (χ1n) is 9.17. The van der Waals surface area contributed by atoms with Gasteiger partial charge in [-0.2, -0.15) is 0 Å². The average molecular weight is 427 g/mol. The van der Waals surface area contributed by atoms with Gasteiger partial charge in [0.05, 0.1) is 23.7 Å². The van der Waals surface area contributed by atoms with Crippen LogP contribution in [0.4, 0.5) is 5.69 Å². The van der Waals surface area contributed by atoms with Crippen molar-refractivity contribution in [1.82, 2.24) is 5.32 Å². The molecular formula is C22H19ClN2O5. The van der Waals surface area contributed by atoms with Crippen LogP contribution in [0.25, 0.3) is 0 Å². The van der Waals surface area contributed by atoms with E-state index < -0.39 is 18.6 Å². The molecule has 1 unspecified atom stereocenters. The first kappa shape index (κ1) is 21.4. The van der Waals surface area contributed by atoms with Gasteiger partial charge in [0.1, 0.15) is 0 Å². The molecule has 1 N–H and O–H groups in total. The highest BCUT2D eigenvalue weighted by molar-refractivity contribution is 6.30. The van der Waals surface area contributed by atoms with E-state index in [2.05, 4.69) is 11.9 Å². The molecule has 0 saturated carbocycles. The van der Waals surface area contributed by atoms with Gasteiger partial charge in [-0.15, -0.1) is 6.58 Å². The van der Waals surface area contributed by atoms with E-state index in [1.165, 1.54) is 24.3 Å². The molecule has 1 aliphatic rings. The maximum absolute atomic E-state index is 12.4. The van der Waals surface area contributed by atoms with Gasteiger partial charge in [0.15, 0.2) is 12.4 Å². The first-order chi connectivity index (χ1) is 14.4. The molecule has 1 fully saturated rings. The number of nitrogens with zero attached hydrogens (tertiary/aromatic N) is 1. The van der Waals surface area contributed by atoms with Gasteiger partial charge in [0, 0.05) is 17.1 Å². The third-order valence-corrected chi connectivity index (χ3v) is 4.77. The Kier molecular flexibility index (Phi) is 6.76. The van der Waals surface area contributed by atoms with E-state index in [1.54, 1.807) is 30.3 Å². The monoisotopic (exact) mass is 426 g/mol. The van der Waals surface area contributed by atoms with E-state index >= 15 is 0 Å². The molecule has 7 nitrogen and oxygen atoms in total. The van der Waals surface area contributed by atoms with Crippen molar-refractivity contribution < 1.29 is 23.9 Å². The van der Waals surface area contributed by atoms with Crippen LogP contribution in [-0.2, 0) is 14.3 Å². The molecule has 0 aliphatic carbocycles. The fourth-order valence-corrected chi connectivity index (χ4v) is 3.09. The fraction of sp³-hybridized carbons (Fsp3) is 0.182. The van der Waals surface area contributed by atoms with Crippen LogP contribution in [0.15, 0.2) is 61.2 Å². The number of Topliss-reactive ketones (excluding diaryl/α,β-unsaturated/α-hetero) is 1. The largest absolute Gasteiger partial charge is 0.454 e. The van der Waals surface area contributed by atoms with Crippen molar-refractivity contribution in [2.75, 3.05) is 18.1 Å². The summed E-state index contributed by atoms with van der Waals surface area (Å²) in [4.78, 5) is 50.0. The molecule has 0 aromatic heterocycles. The highest BCUT2D eigenvalue weighted by atomic mass is 35.5. The van der Waals surface area contributed by atoms with Crippen LogP contribution >= 0.6 is 11.6 Å². The predicted molar refractivity (Wildman–Crippen MR) is 112 cm³/mol. The zero-order valence-electron chi connectivity index (χ0n) is 16.0. The lowest BCUT2D eigenvalue weighted by Gasteiger charge is -2.15. The van der Waals surface area contributed by atoms with Crippen molar-refractivity contribution in [3.05, 3.63) is 77.3 Å². The minimum atomic E-state index is -0.687. The lowest BCUT2D eigenvalue weighted by atomic mass is 10.1. The van der Waals surface area contributed by atoms with Gasteiger partial charge in [-0.3, -0.25) is 14.4 Å².